The van der Waals surface area contributed by atoms with Gasteiger partial charge in [-0.1, -0.05) is 50.1 Å². The van der Waals surface area contributed by atoms with Crippen molar-refractivity contribution in [2.24, 2.45) is 10.8 Å². The molecule has 4 heteroatoms. The average Bonchev–Trinajstić information content (AvgIpc) is 2.53. The lowest BCUT2D eigenvalue weighted by Crippen LogP contribution is -2.58. The fourth-order valence-corrected chi connectivity index (χ4v) is 3.97. The van der Waals surface area contributed by atoms with Crippen LogP contribution in [-0.4, -0.2) is 23.1 Å². The molecule has 2 unspecified atom stereocenters. The van der Waals surface area contributed by atoms with Gasteiger partial charge in [0.1, 0.15) is 16.8 Å². The van der Waals surface area contributed by atoms with Gasteiger partial charge in [0.05, 0.1) is 5.41 Å². The summed E-state index contributed by atoms with van der Waals surface area (Å²) in [7, 11) is 0. The Kier molecular flexibility index (Phi) is 5.22. The Labute approximate surface area is 149 Å². The summed E-state index contributed by atoms with van der Waals surface area (Å²) in [5, 5.41) is 0. The molecule has 25 heavy (non-hydrogen) atoms. The molecule has 4 nitrogen and oxygen atoms in total. The second kappa shape index (κ2) is 6.74. The van der Waals surface area contributed by atoms with Crippen molar-refractivity contribution in [3.63, 3.8) is 0 Å². The van der Waals surface area contributed by atoms with Crippen molar-refractivity contribution in [1.29, 1.82) is 0 Å². The van der Waals surface area contributed by atoms with Crippen molar-refractivity contribution in [2.75, 3.05) is 0 Å². The molecule has 0 amide bonds. The van der Waals surface area contributed by atoms with Gasteiger partial charge in [0, 0.05) is 5.56 Å². The first-order valence-corrected chi connectivity index (χ1v) is 8.89. The molecular formula is C21H28O4. The van der Waals surface area contributed by atoms with E-state index in [9.17, 15) is 14.4 Å². The number of benzene rings is 1. The number of carbonyl (C=O) groups is 3. The smallest absolute Gasteiger partial charge is 0.321 e. The van der Waals surface area contributed by atoms with E-state index in [0.29, 0.717) is 18.4 Å². The van der Waals surface area contributed by atoms with Crippen molar-refractivity contribution in [2.45, 2.75) is 65.9 Å². The van der Waals surface area contributed by atoms with Crippen molar-refractivity contribution >= 4 is 17.5 Å². The Morgan fingerprint density at radius 2 is 1.56 bits per heavy atom. The minimum atomic E-state index is -1.43. The summed E-state index contributed by atoms with van der Waals surface area (Å²) in [5.41, 5.74) is -2.71. The van der Waals surface area contributed by atoms with Gasteiger partial charge in [0.2, 0.25) is 0 Å². The van der Waals surface area contributed by atoms with Crippen LogP contribution in [0.25, 0.3) is 0 Å². The number of hydrogen-bond donors (Lipinski definition) is 0. The molecule has 1 aliphatic rings. The number of hydrogen-bond acceptors (Lipinski definition) is 4. The third-order valence-corrected chi connectivity index (χ3v) is 5.31. The summed E-state index contributed by atoms with van der Waals surface area (Å²) in [6.07, 6.45) is 2.40. The van der Waals surface area contributed by atoms with Gasteiger partial charge in [-0.25, -0.2) is 0 Å². The highest BCUT2D eigenvalue weighted by molar-refractivity contribution is 6.12. The van der Waals surface area contributed by atoms with E-state index in [1.807, 2.05) is 6.07 Å². The third-order valence-electron chi connectivity index (χ3n) is 5.31. The van der Waals surface area contributed by atoms with E-state index in [1.54, 1.807) is 52.0 Å². The fourth-order valence-electron chi connectivity index (χ4n) is 3.97. The Morgan fingerprint density at radius 1 is 1.00 bits per heavy atom. The monoisotopic (exact) mass is 344 g/mol. The van der Waals surface area contributed by atoms with E-state index in [4.69, 9.17) is 4.74 Å². The first kappa shape index (κ1) is 19.4. The molecule has 0 bridgehead atoms. The summed E-state index contributed by atoms with van der Waals surface area (Å²) in [6, 6.07) is 8.90. The van der Waals surface area contributed by atoms with Gasteiger partial charge in [0.15, 0.2) is 5.78 Å². The predicted octanol–water partition coefficient (Wildman–Crippen LogP) is 4.37. The molecule has 0 aliphatic heterocycles. The summed E-state index contributed by atoms with van der Waals surface area (Å²) in [4.78, 5) is 39.2. The van der Waals surface area contributed by atoms with Crippen molar-refractivity contribution < 1.29 is 19.1 Å². The molecule has 1 aliphatic carbocycles. The molecular weight excluding hydrogens is 316 g/mol. The standard InChI is InChI=1S/C21H28O4/c1-15(22)21(18(24)25-19(2,3)4)14-10-9-13-20(21,5)17(23)16-11-7-6-8-12-16/h6-8,11-12H,9-10,13-14H2,1-5H3. The Morgan fingerprint density at radius 3 is 2.08 bits per heavy atom. The number of esters is 1. The highest BCUT2D eigenvalue weighted by atomic mass is 16.6. The number of ether oxygens (including phenoxy) is 1. The SMILES string of the molecule is CC(=O)C1(C(=O)OC(C)(C)C)CCCCC1(C)C(=O)c1ccccc1. The van der Waals surface area contributed by atoms with E-state index in [0.717, 1.165) is 12.8 Å². The van der Waals surface area contributed by atoms with Crippen molar-refractivity contribution in [3.05, 3.63) is 35.9 Å². The molecule has 0 aromatic heterocycles. The average molecular weight is 344 g/mol. The zero-order valence-electron chi connectivity index (χ0n) is 15.8. The maximum atomic E-state index is 13.4. The van der Waals surface area contributed by atoms with Crippen molar-refractivity contribution in [1.82, 2.24) is 0 Å². The van der Waals surface area contributed by atoms with Crippen LogP contribution in [0.15, 0.2) is 30.3 Å². The molecule has 1 aromatic rings. The van der Waals surface area contributed by atoms with Gasteiger partial charge >= 0.3 is 5.97 Å². The molecule has 1 fully saturated rings. The number of carbonyl (C=O) groups excluding carboxylic acids is 3. The van der Waals surface area contributed by atoms with Crippen LogP contribution in [-0.2, 0) is 14.3 Å². The second-order valence-electron chi connectivity index (χ2n) is 8.20. The lowest BCUT2D eigenvalue weighted by molar-refractivity contribution is -0.180. The summed E-state index contributed by atoms with van der Waals surface area (Å²) in [6.45, 7) is 8.49. The van der Waals surface area contributed by atoms with Gasteiger partial charge in [0.25, 0.3) is 0 Å². The number of rotatable bonds is 4. The van der Waals surface area contributed by atoms with Gasteiger partial charge in [-0.15, -0.1) is 0 Å². The maximum absolute atomic E-state index is 13.4. The Hall–Kier alpha value is -1.97. The first-order valence-electron chi connectivity index (χ1n) is 8.89. The highest BCUT2D eigenvalue weighted by Crippen LogP contribution is 2.54. The molecule has 0 N–H and O–H groups in total. The fraction of sp³-hybridized carbons (Fsp3) is 0.571. The maximum Gasteiger partial charge on any atom is 0.321 e. The zero-order valence-corrected chi connectivity index (χ0v) is 15.8. The lowest BCUT2D eigenvalue weighted by Gasteiger charge is -2.48. The first-order chi connectivity index (χ1) is 11.5. The minimum absolute atomic E-state index is 0.158. The van der Waals surface area contributed by atoms with Gasteiger partial charge < -0.3 is 4.74 Å². The molecule has 2 atom stereocenters. The Bertz CT molecular complexity index is 671. The van der Waals surface area contributed by atoms with Crippen LogP contribution in [0.4, 0.5) is 0 Å². The quantitative estimate of drug-likeness (QED) is 0.462. The summed E-state index contributed by atoms with van der Waals surface area (Å²) >= 11 is 0. The second-order valence-corrected chi connectivity index (χ2v) is 8.20. The van der Waals surface area contributed by atoms with Crippen LogP contribution < -0.4 is 0 Å². The van der Waals surface area contributed by atoms with E-state index in [1.165, 1.54) is 6.92 Å². The lowest BCUT2D eigenvalue weighted by atomic mass is 9.52. The van der Waals surface area contributed by atoms with E-state index in [2.05, 4.69) is 0 Å². The van der Waals surface area contributed by atoms with Gasteiger partial charge in [-0.3, -0.25) is 14.4 Å². The van der Waals surface area contributed by atoms with Gasteiger partial charge in [-0.05, 0) is 40.5 Å². The number of Topliss-reactive ketones (excluding diaryl/α,β-unsaturated/α-hetero) is 2. The van der Waals surface area contributed by atoms with Crippen LogP contribution in [0.2, 0.25) is 0 Å². The third kappa shape index (κ3) is 3.39. The predicted molar refractivity (Wildman–Crippen MR) is 96.3 cm³/mol. The largest absolute Gasteiger partial charge is 0.459 e. The van der Waals surface area contributed by atoms with Crippen LogP contribution in [0.5, 0.6) is 0 Å². The molecule has 136 valence electrons. The molecule has 0 spiro atoms. The van der Waals surface area contributed by atoms with Crippen LogP contribution in [0, 0.1) is 10.8 Å². The highest BCUT2D eigenvalue weighted by Gasteiger charge is 2.63. The van der Waals surface area contributed by atoms with E-state index < -0.39 is 22.4 Å². The molecule has 1 saturated carbocycles. The van der Waals surface area contributed by atoms with Crippen LogP contribution in [0.1, 0.15) is 70.7 Å². The molecule has 0 radical (unpaired) electrons. The van der Waals surface area contributed by atoms with Gasteiger partial charge in [-0.2, -0.15) is 0 Å². The van der Waals surface area contributed by atoms with E-state index in [-0.39, 0.29) is 11.6 Å². The molecule has 0 heterocycles. The zero-order chi connectivity index (χ0) is 18.9. The van der Waals surface area contributed by atoms with Crippen LogP contribution in [0.3, 0.4) is 0 Å². The summed E-state index contributed by atoms with van der Waals surface area (Å²) in [5.74, 6) is -1.01. The van der Waals surface area contributed by atoms with Crippen molar-refractivity contribution in [3.8, 4) is 0 Å². The Balaban J connectivity index is 2.57. The number of ketones is 2. The minimum Gasteiger partial charge on any atom is -0.459 e. The van der Waals surface area contributed by atoms with Crippen LogP contribution >= 0.6 is 0 Å². The van der Waals surface area contributed by atoms with E-state index >= 15 is 0 Å². The topological polar surface area (TPSA) is 60.4 Å². The summed E-state index contributed by atoms with van der Waals surface area (Å²) < 4.78 is 5.61. The molecule has 0 saturated heterocycles. The molecule has 1 aromatic carbocycles. The normalized spacial score (nSPS) is 26.8. The molecule has 2 rings (SSSR count).